The van der Waals surface area contributed by atoms with Gasteiger partial charge in [-0.25, -0.2) is 0 Å². The molecular formula is C7H4BrNOS. The van der Waals surface area contributed by atoms with Crippen molar-refractivity contribution in [2.75, 3.05) is 0 Å². The molecule has 1 N–H and O–H groups in total. The molecule has 0 bridgehead atoms. The van der Waals surface area contributed by atoms with Gasteiger partial charge in [0.05, 0.1) is 5.52 Å². The zero-order chi connectivity index (χ0) is 7.84. The summed E-state index contributed by atoms with van der Waals surface area (Å²) in [5, 5.41) is 0. The Hall–Kier alpha value is -0.610. The minimum absolute atomic E-state index is 0.409. The van der Waals surface area contributed by atoms with Crippen LogP contribution in [0.4, 0.5) is 0 Å². The zero-order valence-corrected chi connectivity index (χ0v) is 7.83. The van der Waals surface area contributed by atoms with Crippen molar-refractivity contribution in [2.24, 2.45) is 0 Å². The van der Waals surface area contributed by atoms with E-state index in [1.807, 2.05) is 18.2 Å². The Kier molecular flexibility index (Phi) is 1.58. The number of hydrogen-bond donors (Lipinski definition) is 1. The van der Waals surface area contributed by atoms with Crippen molar-refractivity contribution in [1.82, 2.24) is 4.98 Å². The maximum absolute atomic E-state index is 5.18. The Morgan fingerprint density at radius 1 is 1.45 bits per heavy atom. The number of aromatic amines is 1. The van der Waals surface area contributed by atoms with E-state index in [1.54, 1.807) is 0 Å². The van der Waals surface area contributed by atoms with E-state index < -0.39 is 0 Å². The first-order valence-electron chi connectivity index (χ1n) is 3.05. The smallest absolute Gasteiger partial charge is 0.266 e. The van der Waals surface area contributed by atoms with Crippen LogP contribution in [-0.2, 0) is 0 Å². The summed E-state index contributed by atoms with van der Waals surface area (Å²) in [4.78, 5) is 3.34. The van der Waals surface area contributed by atoms with Crippen molar-refractivity contribution in [2.45, 2.75) is 0 Å². The molecule has 0 aliphatic carbocycles. The van der Waals surface area contributed by atoms with E-state index in [0.717, 1.165) is 15.6 Å². The van der Waals surface area contributed by atoms with Crippen molar-refractivity contribution in [3.8, 4) is 0 Å². The maximum Gasteiger partial charge on any atom is 0.266 e. The summed E-state index contributed by atoms with van der Waals surface area (Å²) in [5.41, 5.74) is 1.70. The largest absolute Gasteiger partial charge is 0.429 e. The number of halogens is 1. The molecule has 0 aliphatic rings. The van der Waals surface area contributed by atoms with E-state index in [1.165, 1.54) is 0 Å². The van der Waals surface area contributed by atoms with Crippen LogP contribution in [0.2, 0.25) is 0 Å². The van der Waals surface area contributed by atoms with Gasteiger partial charge in [0.1, 0.15) is 0 Å². The number of oxazole rings is 1. The molecule has 56 valence electrons. The highest BCUT2D eigenvalue weighted by Crippen LogP contribution is 2.22. The van der Waals surface area contributed by atoms with Crippen LogP contribution in [0, 0.1) is 4.84 Å². The summed E-state index contributed by atoms with van der Waals surface area (Å²) in [5.74, 6) is 0. The standard InChI is InChI=1S/C7H4BrNOS/c8-4-2-1-3-5-6(4)9-7(11)10-5/h1-3H,(H,9,11). The van der Waals surface area contributed by atoms with E-state index >= 15 is 0 Å². The van der Waals surface area contributed by atoms with E-state index in [2.05, 4.69) is 20.9 Å². The number of rotatable bonds is 0. The molecule has 0 atom stereocenters. The normalized spacial score (nSPS) is 10.6. The van der Waals surface area contributed by atoms with Gasteiger partial charge in [-0.2, -0.15) is 0 Å². The van der Waals surface area contributed by atoms with Gasteiger partial charge in [0.25, 0.3) is 4.84 Å². The molecule has 0 saturated carbocycles. The fraction of sp³-hybridized carbons (Fsp3) is 0. The van der Waals surface area contributed by atoms with Gasteiger partial charge in [0.15, 0.2) is 5.58 Å². The van der Waals surface area contributed by atoms with E-state index in [9.17, 15) is 0 Å². The third kappa shape index (κ3) is 1.12. The molecule has 0 saturated heterocycles. The van der Waals surface area contributed by atoms with E-state index in [-0.39, 0.29) is 0 Å². The second-order valence-corrected chi connectivity index (χ2v) is 3.35. The quantitative estimate of drug-likeness (QED) is 0.703. The lowest BCUT2D eigenvalue weighted by Crippen LogP contribution is -1.68. The van der Waals surface area contributed by atoms with Crippen molar-refractivity contribution in [3.63, 3.8) is 0 Å². The molecule has 11 heavy (non-hydrogen) atoms. The van der Waals surface area contributed by atoms with Gasteiger partial charge in [-0.15, -0.1) is 0 Å². The lowest BCUT2D eigenvalue weighted by molar-refractivity contribution is 0.583. The summed E-state index contributed by atoms with van der Waals surface area (Å²) in [7, 11) is 0. The van der Waals surface area contributed by atoms with Crippen LogP contribution in [-0.4, -0.2) is 4.98 Å². The van der Waals surface area contributed by atoms with Crippen molar-refractivity contribution < 1.29 is 4.42 Å². The highest BCUT2D eigenvalue weighted by atomic mass is 79.9. The monoisotopic (exact) mass is 229 g/mol. The van der Waals surface area contributed by atoms with Crippen molar-refractivity contribution >= 4 is 39.2 Å². The van der Waals surface area contributed by atoms with Crippen molar-refractivity contribution in [1.29, 1.82) is 0 Å². The molecule has 2 aromatic rings. The van der Waals surface area contributed by atoms with Crippen LogP contribution < -0.4 is 0 Å². The molecule has 0 amide bonds. The Morgan fingerprint density at radius 2 is 2.27 bits per heavy atom. The minimum Gasteiger partial charge on any atom is -0.429 e. The average Bonchev–Trinajstić information content (AvgIpc) is 2.31. The van der Waals surface area contributed by atoms with Gasteiger partial charge >= 0.3 is 0 Å². The number of benzene rings is 1. The highest BCUT2D eigenvalue weighted by molar-refractivity contribution is 9.10. The van der Waals surface area contributed by atoms with Crippen LogP contribution in [0.15, 0.2) is 27.1 Å². The molecule has 0 unspecified atom stereocenters. The summed E-state index contributed by atoms with van der Waals surface area (Å²) >= 11 is 8.20. The Morgan fingerprint density at radius 3 is 3.00 bits per heavy atom. The van der Waals surface area contributed by atoms with Crippen LogP contribution in [0.25, 0.3) is 11.1 Å². The van der Waals surface area contributed by atoms with Gasteiger partial charge in [-0.1, -0.05) is 6.07 Å². The Balaban J connectivity index is 3.01. The Labute approximate surface area is 76.4 Å². The number of fused-ring (bicyclic) bond motifs is 1. The second-order valence-electron chi connectivity index (χ2n) is 2.13. The maximum atomic E-state index is 5.18. The highest BCUT2D eigenvalue weighted by Gasteiger charge is 2.00. The Bertz CT molecular complexity index is 445. The molecule has 1 heterocycles. The molecule has 2 rings (SSSR count). The zero-order valence-electron chi connectivity index (χ0n) is 5.43. The molecule has 2 nitrogen and oxygen atoms in total. The predicted octanol–water partition coefficient (Wildman–Crippen LogP) is 3.25. The molecule has 0 fully saturated rings. The molecule has 1 aromatic heterocycles. The first kappa shape index (κ1) is 7.06. The molecule has 4 heteroatoms. The van der Waals surface area contributed by atoms with Gasteiger partial charge in [0, 0.05) is 4.47 Å². The first-order chi connectivity index (χ1) is 5.27. The van der Waals surface area contributed by atoms with Crippen molar-refractivity contribution in [3.05, 3.63) is 27.5 Å². The molecule has 0 spiro atoms. The van der Waals surface area contributed by atoms with Gasteiger partial charge in [-0.3, -0.25) is 0 Å². The predicted molar refractivity (Wildman–Crippen MR) is 49.1 cm³/mol. The summed E-state index contributed by atoms with van der Waals surface area (Å²) in [6.07, 6.45) is 0. The number of nitrogens with one attached hydrogen (secondary N) is 1. The van der Waals surface area contributed by atoms with Gasteiger partial charge < -0.3 is 9.40 Å². The first-order valence-corrected chi connectivity index (χ1v) is 4.25. The molecular weight excluding hydrogens is 226 g/mol. The van der Waals surface area contributed by atoms with Crippen LogP contribution in [0.3, 0.4) is 0 Å². The average molecular weight is 230 g/mol. The van der Waals surface area contributed by atoms with Crippen LogP contribution >= 0.6 is 28.1 Å². The van der Waals surface area contributed by atoms with Gasteiger partial charge in [0.2, 0.25) is 0 Å². The fourth-order valence-corrected chi connectivity index (χ4v) is 1.58. The molecule has 1 aromatic carbocycles. The van der Waals surface area contributed by atoms with Crippen LogP contribution in [0.1, 0.15) is 0 Å². The van der Waals surface area contributed by atoms with Crippen LogP contribution in [0.5, 0.6) is 0 Å². The summed E-state index contributed by atoms with van der Waals surface area (Å²) < 4.78 is 6.15. The van der Waals surface area contributed by atoms with Gasteiger partial charge in [-0.05, 0) is 40.3 Å². The topological polar surface area (TPSA) is 28.9 Å². The number of H-pyrrole nitrogens is 1. The number of hydrogen-bond acceptors (Lipinski definition) is 2. The lowest BCUT2D eigenvalue weighted by Gasteiger charge is -1.87. The third-order valence-corrected chi connectivity index (χ3v) is 2.25. The molecule has 0 radical (unpaired) electrons. The SMILES string of the molecule is S=c1[nH]c2c(Br)cccc2o1. The molecule has 0 aliphatic heterocycles. The third-order valence-electron chi connectivity index (χ3n) is 1.41. The number of para-hydroxylation sites is 1. The fourth-order valence-electron chi connectivity index (χ4n) is 0.938. The van der Waals surface area contributed by atoms with E-state index in [4.69, 9.17) is 16.6 Å². The lowest BCUT2D eigenvalue weighted by atomic mass is 10.3. The minimum atomic E-state index is 0.409. The summed E-state index contributed by atoms with van der Waals surface area (Å²) in [6, 6.07) is 5.70. The van der Waals surface area contributed by atoms with E-state index in [0.29, 0.717) is 4.84 Å². The second kappa shape index (κ2) is 2.46. The summed E-state index contributed by atoms with van der Waals surface area (Å²) in [6.45, 7) is 0. The number of aromatic nitrogens is 1.